The molecule has 0 spiro atoms. The van der Waals surface area contributed by atoms with Crippen molar-refractivity contribution in [2.24, 2.45) is 0 Å². The van der Waals surface area contributed by atoms with Crippen LogP contribution in [0.2, 0.25) is 0 Å². The van der Waals surface area contributed by atoms with Crippen LogP contribution in [-0.4, -0.2) is 8.86 Å². The van der Waals surface area contributed by atoms with Gasteiger partial charge < -0.3 is 0 Å². The van der Waals surface area contributed by atoms with Crippen LogP contribution < -0.4 is 0 Å². The first-order valence-corrected chi connectivity index (χ1v) is 10.5. The first-order valence-electron chi connectivity index (χ1n) is 6.59. The maximum Gasteiger partial charge on any atom is 0.0188 e. The zero-order valence-electron chi connectivity index (χ0n) is 11.0. The summed E-state index contributed by atoms with van der Waals surface area (Å²) in [5.74, 6) is 0. The van der Waals surface area contributed by atoms with Crippen molar-refractivity contribution in [2.75, 3.05) is 8.86 Å². The molecule has 1 heterocycles. The molecular formula is C16H20I2S. The zero-order chi connectivity index (χ0) is 13.8. The molecule has 0 radical (unpaired) electrons. The second-order valence-corrected chi connectivity index (χ2v) is 7.24. The molecule has 1 aromatic carbocycles. The third kappa shape index (κ3) is 8.40. The van der Waals surface area contributed by atoms with Crippen LogP contribution in [0, 0.1) is 0 Å². The fourth-order valence-electron chi connectivity index (χ4n) is 1.59. The van der Waals surface area contributed by atoms with Gasteiger partial charge in [0.25, 0.3) is 0 Å². The van der Waals surface area contributed by atoms with Crippen LogP contribution in [0.3, 0.4) is 0 Å². The minimum absolute atomic E-state index is 1.31. The molecule has 0 bridgehead atoms. The molecule has 0 unspecified atom stereocenters. The van der Waals surface area contributed by atoms with Gasteiger partial charge in [0.2, 0.25) is 0 Å². The van der Waals surface area contributed by atoms with Gasteiger partial charge in [-0.15, -0.1) is 0 Å². The molecule has 104 valence electrons. The van der Waals surface area contributed by atoms with E-state index in [4.69, 9.17) is 0 Å². The first kappa shape index (κ1) is 17.6. The number of unbranched alkanes of at least 4 members (excludes halogenated alkanes) is 3. The van der Waals surface area contributed by atoms with Gasteiger partial charge in [0, 0.05) is 4.90 Å². The summed E-state index contributed by atoms with van der Waals surface area (Å²) in [4.78, 5) is 1.33. The molecule has 0 amide bonds. The summed E-state index contributed by atoms with van der Waals surface area (Å²) >= 11 is 6.64. The summed E-state index contributed by atoms with van der Waals surface area (Å²) < 4.78 is 2.66. The fourth-order valence-corrected chi connectivity index (χ4v) is 3.41. The van der Waals surface area contributed by atoms with Crippen LogP contribution >= 0.6 is 56.9 Å². The minimum atomic E-state index is 1.31. The SMILES string of the molecule is C1=CSc2ccccc2C=C1.ICCCCCCI. The molecule has 3 heteroatoms. The predicted molar refractivity (Wildman–Crippen MR) is 107 cm³/mol. The van der Waals surface area contributed by atoms with Crippen LogP contribution in [0.5, 0.6) is 0 Å². The average molecular weight is 498 g/mol. The van der Waals surface area contributed by atoms with Crippen molar-refractivity contribution in [2.45, 2.75) is 30.6 Å². The van der Waals surface area contributed by atoms with Gasteiger partial charge in [-0.25, -0.2) is 0 Å². The largest absolute Gasteiger partial charge is 0.0975 e. The van der Waals surface area contributed by atoms with Gasteiger partial charge in [0.1, 0.15) is 0 Å². The molecule has 0 nitrogen and oxygen atoms in total. The standard InChI is InChI=1S/C10H8S.C6H12I2/c1-2-7-10-9(5-1)6-3-4-8-11-10;7-5-3-1-2-4-6-8/h1-8H;1-6H2. The van der Waals surface area contributed by atoms with Gasteiger partial charge in [-0.1, -0.05) is 106 Å². The molecule has 1 aliphatic rings. The lowest BCUT2D eigenvalue weighted by Gasteiger charge is -1.98. The maximum absolute atomic E-state index is 2.44. The predicted octanol–water partition coefficient (Wildman–Crippen LogP) is 6.74. The number of fused-ring (bicyclic) bond motifs is 1. The second-order valence-electron chi connectivity index (χ2n) is 4.14. The van der Waals surface area contributed by atoms with Crippen molar-refractivity contribution in [1.29, 1.82) is 0 Å². The quantitative estimate of drug-likeness (QED) is 0.246. The van der Waals surface area contributed by atoms with E-state index >= 15 is 0 Å². The molecule has 0 saturated carbocycles. The molecule has 0 aromatic heterocycles. The molecule has 0 saturated heterocycles. The van der Waals surface area contributed by atoms with Crippen molar-refractivity contribution in [3.63, 3.8) is 0 Å². The molecule has 19 heavy (non-hydrogen) atoms. The van der Waals surface area contributed by atoms with Gasteiger partial charge >= 0.3 is 0 Å². The van der Waals surface area contributed by atoms with E-state index in [1.807, 2.05) is 0 Å². The molecule has 0 aliphatic carbocycles. The normalized spacial score (nSPS) is 12.3. The van der Waals surface area contributed by atoms with Crippen LogP contribution in [0.4, 0.5) is 0 Å². The number of rotatable bonds is 5. The highest BCUT2D eigenvalue weighted by molar-refractivity contribution is 14.1. The van der Waals surface area contributed by atoms with Crippen LogP contribution in [0.1, 0.15) is 31.2 Å². The summed E-state index contributed by atoms with van der Waals surface area (Å²) in [6.45, 7) is 0. The summed E-state index contributed by atoms with van der Waals surface area (Å²) in [5.41, 5.74) is 1.31. The molecule has 0 N–H and O–H groups in total. The minimum Gasteiger partial charge on any atom is -0.0975 e. The van der Waals surface area contributed by atoms with E-state index < -0.39 is 0 Å². The maximum atomic E-state index is 2.44. The van der Waals surface area contributed by atoms with E-state index in [1.54, 1.807) is 11.8 Å². The summed E-state index contributed by atoms with van der Waals surface area (Å²) in [5, 5.41) is 2.10. The Morgan fingerprint density at radius 3 is 2.21 bits per heavy atom. The Bertz CT molecular complexity index is 393. The fraction of sp³-hybridized carbons (Fsp3) is 0.375. The smallest absolute Gasteiger partial charge is 0.0188 e. The summed E-state index contributed by atoms with van der Waals surface area (Å²) in [6.07, 6.45) is 12.0. The lowest BCUT2D eigenvalue weighted by atomic mass is 10.2. The molecular weight excluding hydrogens is 478 g/mol. The number of allylic oxidation sites excluding steroid dienone is 2. The first-order chi connectivity index (χ1) is 9.38. The topological polar surface area (TPSA) is 0 Å². The van der Waals surface area contributed by atoms with Gasteiger partial charge in [0.15, 0.2) is 0 Å². The Kier molecular flexibility index (Phi) is 11.3. The second kappa shape index (κ2) is 12.3. The van der Waals surface area contributed by atoms with E-state index in [1.165, 1.54) is 45.0 Å². The lowest BCUT2D eigenvalue weighted by Crippen LogP contribution is -1.78. The van der Waals surface area contributed by atoms with E-state index in [0.717, 1.165) is 0 Å². The Labute approximate surface area is 148 Å². The molecule has 0 fully saturated rings. The number of alkyl halides is 2. The van der Waals surface area contributed by atoms with Crippen molar-refractivity contribution in [3.8, 4) is 0 Å². The third-order valence-corrected chi connectivity index (χ3v) is 5.04. The molecule has 2 rings (SSSR count). The van der Waals surface area contributed by atoms with Crippen molar-refractivity contribution >= 4 is 63.0 Å². The highest BCUT2D eigenvalue weighted by Crippen LogP contribution is 2.26. The van der Waals surface area contributed by atoms with Crippen LogP contribution in [-0.2, 0) is 0 Å². The van der Waals surface area contributed by atoms with Gasteiger partial charge in [-0.05, 0) is 38.7 Å². The lowest BCUT2D eigenvalue weighted by molar-refractivity contribution is 0.719. The Morgan fingerprint density at radius 2 is 1.53 bits per heavy atom. The highest BCUT2D eigenvalue weighted by atomic mass is 127. The van der Waals surface area contributed by atoms with Crippen molar-refractivity contribution in [3.05, 3.63) is 47.4 Å². The third-order valence-electron chi connectivity index (χ3n) is 2.60. The van der Waals surface area contributed by atoms with E-state index in [-0.39, 0.29) is 0 Å². The Hall–Kier alpha value is 0.510. The van der Waals surface area contributed by atoms with Gasteiger partial charge in [0.05, 0.1) is 0 Å². The monoisotopic (exact) mass is 498 g/mol. The van der Waals surface area contributed by atoms with Gasteiger partial charge in [-0.2, -0.15) is 0 Å². The van der Waals surface area contributed by atoms with Gasteiger partial charge in [-0.3, -0.25) is 0 Å². The van der Waals surface area contributed by atoms with Crippen LogP contribution in [0.25, 0.3) is 6.08 Å². The number of benzene rings is 1. The highest BCUT2D eigenvalue weighted by Gasteiger charge is 1.97. The van der Waals surface area contributed by atoms with E-state index in [0.29, 0.717) is 0 Å². The number of thioether (sulfide) groups is 1. The van der Waals surface area contributed by atoms with Crippen molar-refractivity contribution in [1.82, 2.24) is 0 Å². The molecule has 0 atom stereocenters. The Morgan fingerprint density at radius 1 is 0.842 bits per heavy atom. The summed E-state index contributed by atoms with van der Waals surface area (Å²) in [6, 6.07) is 8.40. The molecule has 1 aromatic rings. The van der Waals surface area contributed by atoms with Crippen molar-refractivity contribution < 1.29 is 0 Å². The van der Waals surface area contributed by atoms with E-state index in [9.17, 15) is 0 Å². The number of halogens is 2. The van der Waals surface area contributed by atoms with E-state index in [2.05, 4.69) is 93.1 Å². The zero-order valence-corrected chi connectivity index (χ0v) is 16.2. The number of hydrogen-bond donors (Lipinski definition) is 0. The number of hydrogen-bond acceptors (Lipinski definition) is 1. The summed E-state index contributed by atoms with van der Waals surface area (Å²) in [7, 11) is 0. The average Bonchev–Trinajstić information content (AvgIpc) is 2.70. The Balaban J connectivity index is 0.000000203. The van der Waals surface area contributed by atoms with Crippen LogP contribution in [0.15, 0.2) is 46.7 Å². The molecule has 1 aliphatic heterocycles.